The van der Waals surface area contributed by atoms with Crippen LogP contribution in [0.15, 0.2) is 0 Å². The number of quaternary nitrogens is 1. The topological polar surface area (TPSA) is 77.8 Å². The van der Waals surface area contributed by atoms with E-state index in [0.29, 0.717) is 10.2 Å². The zero-order chi connectivity index (χ0) is 22.9. The highest BCUT2D eigenvalue weighted by molar-refractivity contribution is 7.99. The second-order valence-corrected chi connectivity index (χ2v) is 13.1. The summed E-state index contributed by atoms with van der Waals surface area (Å²) in [5.41, 5.74) is 0. The second-order valence-electron chi connectivity index (χ2n) is 9.93. The summed E-state index contributed by atoms with van der Waals surface area (Å²) in [6, 6.07) is 0. The van der Waals surface area contributed by atoms with E-state index in [1.54, 1.807) is 11.8 Å². The Morgan fingerprint density at radius 2 is 1.13 bits per heavy atom. The smallest absolute Gasteiger partial charge is 0.362 e. The van der Waals surface area contributed by atoms with E-state index in [1.807, 2.05) is 21.1 Å². The molecule has 0 saturated heterocycles. The van der Waals surface area contributed by atoms with Crippen molar-refractivity contribution >= 4 is 19.4 Å². The molecule has 0 amide bonds. The van der Waals surface area contributed by atoms with Crippen LogP contribution in [0, 0.1) is 0 Å². The molecular weight excluding hydrogens is 417 g/mol. The molecule has 0 saturated carbocycles. The molecule has 0 radical (unpaired) electrons. The maximum absolute atomic E-state index is 11.8. The Morgan fingerprint density at radius 1 is 0.733 bits per heavy atom. The molecule has 0 aliphatic rings. The summed E-state index contributed by atoms with van der Waals surface area (Å²) in [7, 11) is 0.958. The van der Waals surface area contributed by atoms with Crippen molar-refractivity contribution in [1.82, 2.24) is 0 Å². The third-order valence-electron chi connectivity index (χ3n) is 5.56. The summed E-state index contributed by atoms with van der Waals surface area (Å²) in [6.45, 7) is 2.32. The third-order valence-corrected chi connectivity index (χ3v) is 8.08. The number of aliphatic hydroxyl groups is 1. The number of hydrogen-bond acceptors (Lipinski definition) is 3. The average molecular weight is 469 g/mol. The van der Waals surface area contributed by atoms with Crippen molar-refractivity contribution in [2.45, 2.75) is 109 Å². The van der Waals surface area contributed by atoms with Crippen LogP contribution in [0.2, 0.25) is 0 Å². The lowest BCUT2D eigenvalue weighted by Gasteiger charge is -2.35. The van der Waals surface area contributed by atoms with Gasteiger partial charge in [-0.15, -0.1) is 0 Å². The second kappa shape index (κ2) is 17.0. The predicted molar refractivity (Wildman–Crippen MR) is 132 cm³/mol. The maximum atomic E-state index is 11.8. The zero-order valence-corrected chi connectivity index (χ0v) is 22.0. The molecule has 0 aromatic rings. The van der Waals surface area contributed by atoms with Crippen molar-refractivity contribution < 1.29 is 23.9 Å². The van der Waals surface area contributed by atoms with Gasteiger partial charge in [0.2, 0.25) is 5.34 Å². The van der Waals surface area contributed by atoms with Crippen molar-refractivity contribution in [1.29, 1.82) is 0 Å². The number of nitrogens with zero attached hydrogens (tertiary/aromatic N) is 1. The SMILES string of the molecule is CCCCCCCCCCCCCCCCSCCC(O)(C[N+](C)(C)C)P(=O)(O)O. The molecule has 0 fully saturated rings. The number of rotatable bonds is 21. The Hall–Kier alpha value is 0.420. The Kier molecular flexibility index (Phi) is 17.2. The van der Waals surface area contributed by atoms with E-state index in [1.165, 1.54) is 83.5 Å². The van der Waals surface area contributed by atoms with Gasteiger partial charge in [0.1, 0.15) is 6.54 Å². The fourth-order valence-electron chi connectivity index (χ4n) is 3.81. The first-order chi connectivity index (χ1) is 14.0. The Morgan fingerprint density at radius 3 is 1.50 bits per heavy atom. The van der Waals surface area contributed by atoms with Crippen LogP contribution in [0.1, 0.15) is 103 Å². The number of thioether (sulfide) groups is 1. The highest BCUT2D eigenvalue weighted by atomic mass is 32.2. The van der Waals surface area contributed by atoms with E-state index in [2.05, 4.69) is 6.92 Å². The molecule has 0 spiro atoms. The van der Waals surface area contributed by atoms with Gasteiger partial charge in [-0.2, -0.15) is 11.8 Å². The maximum Gasteiger partial charge on any atom is 0.362 e. The molecule has 0 heterocycles. The van der Waals surface area contributed by atoms with Crippen LogP contribution in [0.25, 0.3) is 0 Å². The van der Waals surface area contributed by atoms with Gasteiger partial charge in [-0.3, -0.25) is 4.57 Å². The molecule has 0 aliphatic heterocycles. The Balaban J connectivity index is 3.58. The summed E-state index contributed by atoms with van der Waals surface area (Å²) in [5.74, 6) is 1.58. The first-order valence-corrected chi connectivity index (χ1v) is 14.9. The molecule has 7 heteroatoms. The average Bonchev–Trinajstić information content (AvgIpc) is 2.62. The fourth-order valence-corrected chi connectivity index (χ4v) is 6.07. The number of unbranched alkanes of at least 4 members (excludes halogenated alkanes) is 13. The Bertz CT molecular complexity index is 453. The highest BCUT2D eigenvalue weighted by Gasteiger charge is 2.48. The van der Waals surface area contributed by atoms with Crippen LogP contribution >= 0.6 is 19.4 Å². The Labute approximate surface area is 191 Å². The van der Waals surface area contributed by atoms with Crippen molar-refractivity contribution in [3.05, 3.63) is 0 Å². The van der Waals surface area contributed by atoms with Gasteiger partial charge in [-0.05, 0) is 17.9 Å². The molecule has 5 nitrogen and oxygen atoms in total. The van der Waals surface area contributed by atoms with Gasteiger partial charge >= 0.3 is 7.60 Å². The van der Waals surface area contributed by atoms with Gasteiger partial charge in [0.25, 0.3) is 0 Å². The largest absolute Gasteiger partial charge is 0.373 e. The lowest BCUT2D eigenvalue weighted by atomic mass is 10.0. The first kappa shape index (κ1) is 30.4. The molecule has 0 bridgehead atoms. The molecular formula is C23H51NO4PS+. The highest BCUT2D eigenvalue weighted by Crippen LogP contribution is 2.51. The molecule has 182 valence electrons. The number of hydrogen-bond donors (Lipinski definition) is 3. The van der Waals surface area contributed by atoms with Gasteiger partial charge < -0.3 is 19.4 Å². The minimum absolute atomic E-state index is 0.0523. The third kappa shape index (κ3) is 17.0. The van der Waals surface area contributed by atoms with E-state index in [-0.39, 0.29) is 13.0 Å². The van der Waals surface area contributed by atoms with Gasteiger partial charge in [0, 0.05) is 6.42 Å². The van der Waals surface area contributed by atoms with E-state index in [9.17, 15) is 19.5 Å². The van der Waals surface area contributed by atoms with E-state index in [0.717, 1.165) is 12.2 Å². The first-order valence-electron chi connectivity index (χ1n) is 12.2. The summed E-state index contributed by atoms with van der Waals surface area (Å²) in [5, 5.41) is 8.59. The normalized spacial score (nSPS) is 14.8. The van der Waals surface area contributed by atoms with Crippen molar-refractivity contribution in [2.24, 2.45) is 0 Å². The molecule has 1 atom stereocenters. The van der Waals surface area contributed by atoms with Crippen LogP contribution in [0.5, 0.6) is 0 Å². The standard InChI is InChI=1S/C23H50NO4PS/c1-5-6-7-8-9-10-11-12-13-14-15-16-17-18-20-30-21-19-23(25,29(26,27)28)22-24(2,3)4/h25H,5-22H2,1-4H3,(H-,26,27,28)/p+1. The predicted octanol–water partition coefficient (Wildman–Crippen LogP) is 6.16. The van der Waals surface area contributed by atoms with Gasteiger partial charge in [0.15, 0.2) is 0 Å². The minimum atomic E-state index is -4.55. The summed E-state index contributed by atoms with van der Waals surface area (Å²) < 4.78 is 12.1. The molecule has 0 rings (SSSR count). The van der Waals surface area contributed by atoms with Gasteiger partial charge in [0.05, 0.1) is 21.1 Å². The van der Waals surface area contributed by atoms with Crippen LogP contribution < -0.4 is 0 Å². The molecule has 1 unspecified atom stereocenters. The van der Waals surface area contributed by atoms with Crippen LogP contribution in [0.3, 0.4) is 0 Å². The van der Waals surface area contributed by atoms with Crippen LogP contribution in [0.4, 0.5) is 0 Å². The van der Waals surface area contributed by atoms with Crippen molar-refractivity contribution in [2.75, 3.05) is 39.2 Å². The molecule has 3 N–H and O–H groups in total. The van der Waals surface area contributed by atoms with Crippen LogP contribution in [-0.2, 0) is 4.57 Å². The minimum Gasteiger partial charge on any atom is -0.373 e. The van der Waals surface area contributed by atoms with Crippen molar-refractivity contribution in [3.63, 3.8) is 0 Å². The van der Waals surface area contributed by atoms with Gasteiger partial charge in [-0.1, -0.05) is 90.4 Å². The lowest BCUT2D eigenvalue weighted by Crippen LogP contribution is -2.49. The molecule has 30 heavy (non-hydrogen) atoms. The fraction of sp³-hybridized carbons (Fsp3) is 1.00. The summed E-state index contributed by atoms with van der Waals surface area (Å²) >= 11 is 1.70. The quantitative estimate of drug-likeness (QED) is 0.107. The number of likely N-dealkylation sites (N-methyl/N-ethyl adjacent to an activating group) is 1. The monoisotopic (exact) mass is 468 g/mol. The lowest BCUT2D eigenvalue weighted by molar-refractivity contribution is -0.875. The van der Waals surface area contributed by atoms with Crippen molar-refractivity contribution in [3.8, 4) is 0 Å². The van der Waals surface area contributed by atoms with E-state index >= 15 is 0 Å². The van der Waals surface area contributed by atoms with Gasteiger partial charge in [-0.25, -0.2) is 0 Å². The van der Waals surface area contributed by atoms with E-state index in [4.69, 9.17) is 0 Å². The summed E-state index contributed by atoms with van der Waals surface area (Å²) in [6.07, 6.45) is 19.0. The zero-order valence-electron chi connectivity index (χ0n) is 20.3. The molecule has 0 aromatic heterocycles. The van der Waals surface area contributed by atoms with Crippen LogP contribution in [-0.4, -0.2) is 63.9 Å². The molecule has 0 aromatic carbocycles. The van der Waals surface area contributed by atoms with E-state index < -0.39 is 12.9 Å². The summed E-state index contributed by atoms with van der Waals surface area (Å²) in [4.78, 5) is 19.2. The molecule has 0 aliphatic carbocycles.